The SMILES string of the molecule is O=C(Nc1ccc(Cl)cc1)c1ccc(C2OC3CNC2C3)cc1. The summed E-state index contributed by atoms with van der Waals surface area (Å²) < 4.78 is 5.98. The summed E-state index contributed by atoms with van der Waals surface area (Å²) >= 11 is 5.84. The Hall–Kier alpha value is -1.88. The van der Waals surface area contributed by atoms with Gasteiger partial charge in [-0.3, -0.25) is 4.79 Å². The van der Waals surface area contributed by atoms with Gasteiger partial charge in [-0.05, 0) is 48.4 Å². The molecular weight excluding hydrogens is 312 g/mol. The third-order valence-electron chi connectivity index (χ3n) is 4.43. The molecule has 4 nitrogen and oxygen atoms in total. The highest BCUT2D eigenvalue weighted by molar-refractivity contribution is 6.30. The van der Waals surface area contributed by atoms with Gasteiger partial charge >= 0.3 is 0 Å². The van der Waals surface area contributed by atoms with Crippen LogP contribution in [-0.2, 0) is 4.74 Å². The maximum Gasteiger partial charge on any atom is 0.255 e. The number of fused-ring (bicyclic) bond motifs is 2. The summed E-state index contributed by atoms with van der Waals surface area (Å²) in [5, 5.41) is 6.97. The average molecular weight is 329 g/mol. The van der Waals surface area contributed by atoms with E-state index in [1.807, 2.05) is 24.3 Å². The summed E-state index contributed by atoms with van der Waals surface area (Å²) in [6.45, 7) is 0.947. The number of hydrogen-bond acceptors (Lipinski definition) is 3. The molecular formula is C18H17ClN2O2. The molecule has 2 aromatic rings. The molecule has 4 rings (SSSR count). The Bertz CT molecular complexity index is 715. The lowest BCUT2D eigenvalue weighted by Crippen LogP contribution is -2.34. The fourth-order valence-electron chi connectivity index (χ4n) is 3.24. The highest BCUT2D eigenvalue weighted by Crippen LogP contribution is 2.36. The number of benzene rings is 2. The molecule has 0 radical (unpaired) electrons. The van der Waals surface area contributed by atoms with Gasteiger partial charge in [0, 0.05) is 28.9 Å². The topological polar surface area (TPSA) is 50.4 Å². The molecule has 2 aliphatic heterocycles. The Labute approximate surface area is 139 Å². The average Bonchev–Trinajstić information content (AvgIpc) is 3.20. The molecule has 3 unspecified atom stereocenters. The minimum absolute atomic E-state index is 0.0992. The molecule has 2 bridgehead atoms. The predicted molar refractivity (Wildman–Crippen MR) is 89.9 cm³/mol. The van der Waals surface area contributed by atoms with E-state index in [9.17, 15) is 4.79 Å². The first kappa shape index (κ1) is 14.7. The van der Waals surface area contributed by atoms with E-state index in [0.717, 1.165) is 24.2 Å². The lowest BCUT2D eigenvalue weighted by atomic mass is 10.0. The van der Waals surface area contributed by atoms with Crippen LogP contribution in [0.1, 0.15) is 28.4 Å². The maximum atomic E-state index is 12.3. The van der Waals surface area contributed by atoms with Gasteiger partial charge in [0.05, 0.1) is 12.2 Å². The van der Waals surface area contributed by atoms with Gasteiger partial charge < -0.3 is 15.4 Å². The summed E-state index contributed by atoms with van der Waals surface area (Å²) in [6.07, 6.45) is 1.50. The Morgan fingerprint density at radius 3 is 2.48 bits per heavy atom. The summed E-state index contributed by atoms with van der Waals surface area (Å²) in [5.74, 6) is -0.133. The van der Waals surface area contributed by atoms with Crippen LogP contribution in [0.25, 0.3) is 0 Å². The van der Waals surface area contributed by atoms with Crippen LogP contribution < -0.4 is 10.6 Å². The smallest absolute Gasteiger partial charge is 0.255 e. The van der Waals surface area contributed by atoms with E-state index in [4.69, 9.17) is 16.3 Å². The van der Waals surface area contributed by atoms with E-state index in [0.29, 0.717) is 22.7 Å². The van der Waals surface area contributed by atoms with Crippen molar-refractivity contribution >= 4 is 23.2 Å². The van der Waals surface area contributed by atoms with Crippen LogP contribution in [0.5, 0.6) is 0 Å². The van der Waals surface area contributed by atoms with Gasteiger partial charge in [0.1, 0.15) is 0 Å². The zero-order valence-corrected chi connectivity index (χ0v) is 13.2. The summed E-state index contributed by atoms with van der Waals surface area (Å²) in [6, 6.07) is 15.1. The zero-order valence-electron chi connectivity index (χ0n) is 12.5. The number of carbonyl (C=O) groups is 1. The lowest BCUT2D eigenvalue weighted by molar-refractivity contribution is 0.0160. The number of anilines is 1. The van der Waals surface area contributed by atoms with Crippen LogP contribution in [0.15, 0.2) is 48.5 Å². The third-order valence-corrected chi connectivity index (χ3v) is 4.68. The van der Waals surface area contributed by atoms with Crippen molar-refractivity contribution in [2.45, 2.75) is 24.7 Å². The van der Waals surface area contributed by atoms with E-state index in [2.05, 4.69) is 10.6 Å². The standard InChI is InChI=1S/C18H17ClN2O2/c19-13-5-7-14(8-6-13)21-18(22)12-3-1-11(2-4-12)17-16-9-15(23-17)10-20-16/h1-8,15-17,20H,9-10H2,(H,21,22). The molecule has 0 aliphatic carbocycles. The molecule has 3 atom stereocenters. The molecule has 2 saturated heterocycles. The van der Waals surface area contributed by atoms with E-state index >= 15 is 0 Å². The minimum atomic E-state index is -0.133. The Morgan fingerprint density at radius 2 is 1.87 bits per heavy atom. The van der Waals surface area contributed by atoms with E-state index in [1.165, 1.54) is 0 Å². The second kappa shape index (κ2) is 5.96. The molecule has 0 aromatic heterocycles. The number of halogens is 1. The first-order chi connectivity index (χ1) is 11.2. The second-order valence-corrected chi connectivity index (χ2v) is 6.45. The maximum absolute atomic E-state index is 12.3. The van der Waals surface area contributed by atoms with Gasteiger partial charge in [-0.15, -0.1) is 0 Å². The van der Waals surface area contributed by atoms with Crippen LogP contribution in [0, 0.1) is 0 Å². The third kappa shape index (κ3) is 2.98. The van der Waals surface area contributed by atoms with E-state index < -0.39 is 0 Å². The van der Waals surface area contributed by atoms with Gasteiger partial charge in [-0.2, -0.15) is 0 Å². The van der Waals surface area contributed by atoms with Gasteiger partial charge in [0.25, 0.3) is 5.91 Å². The van der Waals surface area contributed by atoms with Crippen LogP contribution in [0.4, 0.5) is 5.69 Å². The fourth-order valence-corrected chi connectivity index (χ4v) is 3.37. The number of ether oxygens (including phenoxy) is 1. The van der Waals surface area contributed by atoms with Crippen molar-refractivity contribution in [3.05, 3.63) is 64.7 Å². The summed E-state index contributed by atoms with van der Waals surface area (Å²) in [4.78, 5) is 12.3. The van der Waals surface area contributed by atoms with Crippen LogP contribution >= 0.6 is 11.6 Å². The predicted octanol–water partition coefficient (Wildman–Crippen LogP) is 3.39. The number of rotatable bonds is 3. The number of nitrogens with one attached hydrogen (secondary N) is 2. The van der Waals surface area contributed by atoms with Gasteiger partial charge in [-0.1, -0.05) is 23.7 Å². The molecule has 23 heavy (non-hydrogen) atoms. The Kier molecular flexibility index (Phi) is 3.81. The summed E-state index contributed by atoms with van der Waals surface area (Å²) in [5.41, 5.74) is 2.47. The monoisotopic (exact) mass is 328 g/mol. The van der Waals surface area contributed by atoms with Crippen LogP contribution in [0.2, 0.25) is 5.02 Å². The number of hydrogen-bond donors (Lipinski definition) is 2. The van der Waals surface area contributed by atoms with Gasteiger partial charge in [-0.25, -0.2) is 0 Å². The quantitative estimate of drug-likeness (QED) is 0.908. The number of carbonyl (C=O) groups excluding carboxylic acids is 1. The molecule has 118 valence electrons. The first-order valence-electron chi connectivity index (χ1n) is 7.75. The minimum Gasteiger partial charge on any atom is -0.367 e. The fraction of sp³-hybridized carbons (Fsp3) is 0.278. The van der Waals surface area contributed by atoms with E-state index in [-0.39, 0.29) is 12.0 Å². The molecule has 0 spiro atoms. The van der Waals surface area contributed by atoms with Gasteiger partial charge in [0.15, 0.2) is 0 Å². The van der Waals surface area contributed by atoms with Crippen molar-refractivity contribution in [2.24, 2.45) is 0 Å². The lowest BCUT2D eigenvalue weighted by Gasteiger charge is -2.23. The van der Waals surface area contributed by atoms with Crippen molar-refractivity contribution < 1.29 is 9.53 Å². The molecule has 1 amide bonds. The van der Waals surface area contributed by atoms with Crippen molar-refractivity contribution in [3.8, 4) is 0 Å². The van der Waals surface area contributed by atoms with Crippen LogP contribution in [0.3, 0.4) is 0 Å². The van der Waals surface area contributed by atoms with Crippen molar-refractivity contribution in [2.75, 3.05) is 11.9 Å². The Morgan fingerprint density at radius 1 is 1.13 bits per heavy atom. The molecule has 2 fully saturated rings. The largest absolute Gasteiger partial charge is 0.367 e. The molecule has 2 aromatic carbocycles. The number of morpholine rings is 1. The second-order valence-electron chi connectivity index (χ2n) is 6.01. The molecule has 2 N–H and O–H groups in total. The van der Waals surface area contributed by atoms with Crippen molar-refractivity contribution in [1.82, 2.24) is 5.32 Å². The molecule has 5 heteroatoms. The summed E-state index contributed by atoms with van der Waals surface area (Å²) in [7, 11) is 0. The highest BCUT2D eigenvalue weighted by Gasteiger charge is 2.41. The van der Waals surface area contributed by atoms with Crippen molar-refractivity contribution in [3.63, 3.8) is 0 Å². The molecule has 0 saturated carbocycles. The highest BCUT2D eigenvalue weighted by atomic mass is 35.5. The normalized spacial score (nSPS) is 25.5. The zero-order chi connectivity index (χ0) is 15.8. The van der Waals surface area contributed by atoms with Gasteiger partial charge in [0.2, 0.25) is 0 Å². The van der Waals surface area contributed by atoms with Crippen LogP contribution in [-0.4, -0.2) is 24.6 Å². The number of amides is 1. The first-order valence-corrected chi connectivity index (χ1v) is 8.12. The molecule has 2 heterocycles. The van der Waals surface area contributed by atoms with E-state index in [1.54, 1.807) is 24.3 Å². The van der Waals surface area contributed by atoms with Crippen molar-refractivity contribution in [1.29, 1.82) is 0 Å². The Balaban J connectivity index is 1.45. The molecule has 2 aliphatic rings.